The average molecular weight is 414 g/mol. The van der Waals surface area contributed by atoms with Crippen molar-refractivity contribution >= 4 is 54.8 Å². The Morgan fingerprint density at radius 2 is 1.74 bits per heavy atom. The molecule has 0 N–H and O–H groups in total. The first-order chi connectivity index (χ1) is 13.3. The van der Waals surface area contributed by atoms with Gasteiger partial charge in [0.05, 0.1) is 16.4 Å². The first-order valence-corrected chi connectivity index (χ1v) is 10.0. The number of benzene rings is 3. The van der Waals surface area contributed by atoms with Crippen molar-refractivity contribution in [2.24, 2.45) is 0 Å². The molecule has 2 nitrogen and oxygen atoms in total. The van der Waals surface area contributed by atoms with Crippen molar-refractivity contribution < 1.29 is 4.42 Å². The van der Waals surface area contributed by atoms with Gasteiger partial charge in [-0.3, -0.25) is 0 Å². The Balaban J connectivity index is 1.88. The molecular formula is C24H16BrNO. The Morgan fingerprint density at radius 3 is 2.63 bits per heavy atom. The van der Waals surface area contributed by atoms with E-state index in [2.05, 4.69) is 93.3 Å². The van der Waals surface area contributed by atoms with Gasteiger partial charge in [-0.15, -0.1) is 0 Å². The number of fused-ring (bicyclic) bond motifs is 7. The number of furan rings is 1. The Bertz CT molecular complexity index is 1370. The van der Waals surface area contributed by atoms with Gasteiger partial charge in [-0.1, -0.05) is 42.5 Å². The predicted molar refractivity (Wildman–Crippen MR) is 116 cm³/mol. The molecule has 3 aromatic carbocycles. The molecule has 0 saturated carbocycles. The lowest BCUT2D eigenvalue weighted by Gasteiger charge is -2.09. The van der Waals surface area contributed by atoms with Gasteiger partial charge in [0.15, 0.2) is 0 Å². The number of hydrogen-bond acceptors (Lipinski definition) is 1. The summed E-state index contributed by atoms with van der Waals surface area (Å²) in [5.74, 6) is 1.01. The third kappa shape index (κ3) is 2.06. The van der Waals surface area contributed by atoms with Crippen LogP contribution in [0.25, 0.3) is 44.5 Å². The molecule has 0 spiro atoms. The van der Waals surface area contributed by atoms with Crippen LogP contribution in [0.4, 0.5) is 0 Å². The SMILES string of the molecule is Brc1cc2c3c(oc2c2c4ccccc4n(-c4ccccc4)c12)C=CCC3. The molecule has 0 amide bonds. The highest BCUT2D eigenvalue weighted by Gasteiger charge is 2.23. The summed E-state index contributed by atoms with van der Waals surface area (Å²) in [5, 5.41) is 3.63. The normalized spacial score (nSPS) is 13.7. The van der Waals surface area contributed by atoms with Crippen LogP contribution >= 0.6 is 15.9 Å². The van der Waals surface area contributed by atoms with E-state index in [1.165, 1.54) is 27.2 Å². The summed E-state index contributed by atoms with van der Waals surface area (Å²) in [6.07, 6.45) is 6.43. The molecule has 5 aromatic rings. The van der Waals surface area contributed by atoms with Gasteiger partial charge < -0.3 is 8.98 Å². The van der Waals surface area contributed by atoms with E-state index < -0.39 is 0 Å². The van der Waals surface area contributed by atoms with Gasteiger partial charge in [-0.2, -0.15) is 0 Å². The van der Waals surface area contributed by atoms with Crippen LogP contribution < -0.4 is 0 Å². The number of allylic oxidation sites excluding steroid dienone is 1. The molecule has 0 fully saturated rings. The Hall–Kier alpha value is -2.78. The van der Waals surface area contributed by atoms with Gasteiger partial charge in [0.25, 0.3) is 0 Å². The molecule has 2 aromatic heterocycles. The van der Waals surface area contributed by atoms with Gasteiger partial charge in [0.1, 0.15) is 11.3 Å². The van der Waals surface area contributed by atoms with Crippen LogP contribution in [0.15, 0.2) is 75.6 Å². The lowest BCUT2D eigenvalue weighted by atomic mass is 10.00. The molecule has 27 heavy (non-hydrogen) atoms. The Labute approximate surface area is 164 Å². The molecule has 0 bridgehead atoms. The Kier molecular flexibility index (Phi) is 3.18. The number of nitrogens with zero attached hydrogens (tertiary/aromatic N) is 1. The maximum atomic E-state index is 6.40. The predicted octanol–water partition coefficient (Wildman–Crippen LogP) is 7.25. The number of para-hydroxylation sites is 2. The van der Waals surface area contributed by atoms with Gasteiger partial charge in [0, 0.05) is 26.5 Å². The number of halogens is 1. The second-order valence-electron chi connectivity index (χ2n) is 7.03. The number of hydrogen-bond donors (Lipinski definition) is 0. The van der Waals surface area contributed by atoms with E-state index in [-0.39, 0.29) is 0 Å². The molecule has 3 heteroatoms. The van der Waals surface area contributed by atoms with E-state index in [1.807, 2.05) is 0 Å². The van der Waals surface area contributed by atoms with Crippen LogP contribution in [0.5, 0.6) is 0 Å². The zero-order valence-electron chi connectivity index (χ0n) is 14.6. The van der Waals surface area contributed by atoms with E-state index in [9.17, 15) is 0 Å². The van der Waals surface area contributed by atoms with E-state index in [1.54, 1.807) is 0 Å². The van der Waals surface area contributed by atoms with E-state index >= 15 is 0 Å². The molecule has 0 aliphatic heterocycles. The fraction of sp³-hybridized carbons (Fsp3) is 0.0833. The molecule has 0 atom stereocenters. The van der Waals surface area contributed by atoms with E-state index in [4.69, 9.17) is 4.42 Å². The maximum Gasteiger partial charge on any atom is 0.145 e. The summed E-state index contributed by atoms with van der Waals surface area (Å²) in [5.41, 5.74) is 5.82. The third-order valence-corrected chi connectivity index (χ3v) is 6.13. The van der Waals surface area contributed by atoms with Crippen molar-refractivity contribution in [1.82, 2.24) is 4.57 Å². The Morgan fingerprint density at radius 1 is 0.926 bits per heavy atom. The quantitative estimate of drug-likeness (QED) is 0.283. The summed E-state index contributed by atoms with van der Waals surface area (Å²) in [7, 11) is 0. The zero-order valence-corrected chi connectivity index (χ0v) is 16.2. The molecule has 2 heterocycles. The molecule has 0 radical (unpaired) electrons. The maximum absolute atomic E-state index is 6.40. The van der Waals surface area contributed by atoms with Crippen LogP contribution in [0.1, 0.15) is 17.7 Å². The molecule has 1 aliphatic rings. The minimum atomic E-state index is 0.996. The molecule has 0 saturated heterocycles. The molecule has 6 rings (SSSR count). The van der Waals surface area contributed by atoms with Crippen LogP contribution in [0.3, 0.4) is 0 Å². The van der Waals surface area contributed by atoms with Gasteiger partial charge >= 0.3 is 0 Å². The van der Waals surface area contributed by atoms with E-state index in [0.29, 0.717) is 0 Å². The minimum Gasteiger partial charge on any atom is -0.456 e. The van der Waals surface area contributed by atoms with Crippen molar-refractivity contribution in [2.75, 3.05) is 0 Å². The number of aromatic nitrogens is 1. The van der Waals surface area contributed by atoms with Crippen LogP contribution in [0, 0.1) is 0 Å². The standard InChI is InChI=1S/C24H16BrNO/c25-19-14-18-16-10-5-7-13-21(16)27-24(18)22-17-11-4-6-12-20(17)26(23(19)22)15-8-2-1-3-9-15/h1-4,6-9,11-14H,5,10H2. The monoisotopic (exact) mass is 413 g/mol. The van der Waals surface area contributed by atoms with Crippen LogP contribution in [0.2, 0.25) is 0 Å². The zero-order chi connectivity index (χ0) is 18.0. The van der Waals surface area contributed by atoms with Gasteiger partial charge in [-0.25, -0.2) is 0 Å². The minimum absolute atomic E-state index is 0.996. The first-order valence-electron chi connectivity index (χ1n) is 9.22. The summed E-state index contributed by atoms with van der Waals surface area (Å²) < 4.78 is 9.82. The summed E-state index contributed by atoms with van der Waals surface area (Å²) in [4.78, 5) is 0. The number of rotatable bonds is 1. The summed E-state index contributed by atoms with van der Waals surface area (Å²) >= 11 is 3.88. The van der Waals surface area contributed by atoms with Crippen LogP contribution in [-0.2, 0) is 6.42 Å². The fourth-order valence-electron chi connectivity index (χ4n) is 4.38. The van der Waals surface area contributed by atoms with Crippen LogP contribution in [-0.4, -0.2) is 4.57 Å². The van der Waals surface area contributed by atoms with Crippen molar-refractivity contribution in [2.45, 2.75) is 12.8 Å². The lowest BCUT2D eigenvalue weighted by molar-refractivity contribution is 0.598. The highest BCUT2D eigenvalue weighted by molar-refractivity contribution is 9.10. The molecule has 130 valence electrons. The first kappa shape index (κ1) is 15.3. The smallest absolute Gasteiger partial charge is 0.145 e. The van der Waals surface area contributed by atoms with Gasteiger partial charge in [-0.05, 0) is 59.1 Å². The average Bonchev–Trinajstić information content (AvgIpc) is 3.25. The van der Waals surface area contributed by atoms with Crippen molar-refractivity contribution in [1.29, 1.82) is 0 Å². The highest BCUT2D eigenvalue weighted by Crippen LogP contribution is 2.44. The van der Waals surface area contributed by atoms with Crippen molar-refractivity contribution in [3.8, 4) is 5.69 Å². The van der Waals surface area contributed by atoms with Gasteiger partial charge in [0.2, 0.25) is 0 Å². The number of aryl methyl sites for hydroxylation is 1. The highest BCUT2D eigenvalue weighted by atomic mass is 79.9. The molecule has 0 unspecified atom stereocenters. The molecular weight excluding hydrogens is 398 g/mol. The summed E-state index contributed by atoms with van der Waals surface area (Å²) in [6.45, 7) is 0. The second-order valence-corrected chi connectivity index (χ2v) is 7.89. The second kappa shape index (κ2) is 5.61. The molecule has 1 aliphatic carbocycles. The van der Waals surface area contributed by atoms with Crippen molar-refractivity contribution in [3.63, 3.8) is 0 Å². The lowest BCUT2D eigenvalue weighted by Crippen LogP contribution is -1.94. The van der Waals surface area contributed by atoms with E-state index in [0.717, 1.165) is 39.9 Å². The topological polar surface area (TPSA) is 18.1 Å². The largest absolute Gasteiger partial charge is 0.456 e. The fourth-order valence-corrected chi connectivity index (χ4v) is 4.99. The summed E-state index contributed by atoms with van der Waals surface area (Å²) in [6, 6.07) is 21.3. The van der Waals surface area contributed by atoms with Crippen molar-refractivity contribution in [3.05, 3.63) is 82.5 Å². The third-order valence-electron chi connectivity index (χ3n) is 5.52.